The van der Waals surface area contributed by atoms with Crippen LogP contribution in [0.15, 0.2) is 66.7 Å². The van der Waals surface area contributed by atoms with Crippen LogP contribution in [0.3, 0.4) is 0 Å². The lowest BCUT2D eigenvalue weighted by Gasteiger charge is -2.28. The van der Waals surface area contributed by atoms with E-state index in [1.807, 2.05) is 0 Å². The molecule has 0 atom stereocenters. The van der Waals surface area contributed by atoms with E-state index in [-0.39, 0.29) is 54.6 Å². The Kier molecular flexibility index (Phi) is 7.79. The van der Waals surface area contributed by atoms with Crippen molar-refractivity contribution in [3.63, 3.8) is 0 Å². The number of nitrogens with one attached hydrogen (secondary N) is 2. The number of rotatable bonds is 8. The molecule has 3 heterocycles. The Labute approximate surface area is 254 Å². The van der Waals surface area contributed by atoms with Gasteiger partial charge in [-0.1, -0.05) is 24.3 Å². The van der Waals surface area contributed by atoms with Crippen LogP contribution in [0.1, 0.15) is 37.7 Å². The quantitative estimate of drug-likeness (QED) is 0.306. The van der Waals surface area contributed by atoms with Gasteiger partial charge in [-0.05, 0) is 54.4 Å². The molecule has 0 saturated carbocycles. The summed E-state index contributed by atoms with van der Waals surface area (Å²) in [4.78, 5) is 41.1. The van der Waals surface area contributed by atoms with Gasteiger partial charge < -0.3 is 29.7 Å². The number of methoxy groups -OCH3 is 1. The number of alkyl halides is 3. The van der Waals surface area contributed by atoms with Crippen LogP contribution in [0.25, 0.3) is 5.69 Å². The van der Waals surface area contributed by atoms with Gasteiger partial charge in [0.25, 0.3) is 11.8 Å². The molecule has 2 aliphatic heterocycles. The smallest absolute Gasteiger partial charge is 0.435 e. The third-order valence-corrected chi connectivity index (χ3v) is 7.37. The average molecular weight is 622 g/mol. The second kappa shape index (κ2) is 11.9. The third-order valence-electron chi connectivity index (χ3n) is 7.37. The highest BCUT2D eigenvalue weighted by molar-refractivity contribution is 6.08. The molecule has 3 amide bonds. The Morgan fingerprint density at radius 3 is 2.53 bits per heavy atom. The Morgan fingerprint density at radius 1 is 1.00 bits per heavy atom. The number of anilines is 1. The lowest BCUT2D eigenvalue weighted by molar-refractivity contribution is -0.142. The molecule has 0 bridgehead atoms. The first-order valence-electron chi connectivity index (χ1n) is 13.8. The van der Waals surface area contributed by atoms with Crippen LogP contribution < -0.4 is 29.7 Å². The van der Waals surface area contributed by atoms with Gasteiger partial charge in [-0.2, -0.15) is 18.3 Å². The number of carbonyl (C=O) groups excluding carboxylic acids is 3. The van der Waals surface area contributed by atoms with Gasteiger partial charge in [0.15, 0.2) is 17.2 Å². The number of fused-ring (bicyclic) bond motifs is 2. The van der Waals surface area contributed by atoms with Crippen LogP contribution in [0, 0.1) is 0 Å². The zero-order valence-electron chi connectivity index (χ0n) is 23.8. The minimum Gasteiger partial charge on any atom is -0.497 e. The van der Waals surface area contributed by atoms with Gasteiger partial charge in [-0.15, -0.1) is 0 Å². The maximum atomic E-state index is 14.1. The van der Waals surface area contributed by atoms with Gasteiger partial charge in [-0.25, -0.2) is 4.68 Å². The van der Waals surface area contributed by atoms with Crippen molar-refractivity contribution in [1.29, 1.82) is 0 Å². The van der Waals surface area contributed by atoms with Crippen molar-refractivity contribution in [3.05, 3.63) is 94.8 Å². The molecule has 11 nitrogen and oxygen atoms in total. The van der Waals surface area contributed by atoms with E-state index in [0.29, 0.717) is 17.2 Å². The molecular weight excluding hydrogens is 595 g/mol. The van der Waals surface area contributed by atoms with Crippen molar-refractivity contribution in [3.8, 4) is 22.9 Å². The van der Waals surface area contributed by atoms with Gasteiger partial charge >= 0.3 is 6.18 Å². The minimum atomic E-state index is -4.85. The molecule has 45 heavy (non-hydrogen) atoms. The van der Waals surface area contributed by atoms with Gasteiger partial charge in [-0.3, -0.25) is 14.4 Å². The topological polar surface area (TPSA) is 124 Å². The fraction of sp³-hybridized carbons (Fsp3) is 0.226. The van der Waals surface area contributed by atoms with Crippen LogP contribution in [0.4, 0.5) is 18.9 Å². The molecule has 1 aromatic heterocycles. The van der Waals surface area contributed by atoms with Crippen molar-refractivity contribution in [2.24, 2.45) is 0 Å². The number of halogens is 3. The molecule has 14 heteroatoms. The largest absolute Gasteiger partial charge is 0.497 e. The number of benzene rings is 3. The van der Waals surface area contributed by atoms with Gasteiger partial charge in [0.1, 0.15) is 11.4 Å². The van der Waals surface area contributed by atoms with E-state index in [4.69, 9.17) is 14.2 Å². The molecule has 6 rings (SSSR count). The molecule has 3 aromatic carbocycles. The van der Waals surface area contributed by atoms with Crippen molar-refractivity contribution in [2.75, 3.05) is 31.9 Å². The number of ether oxygens (including phenoxy) is 3. The Bertz CT molecular complexity index is 1790. The van der Waals surface area contributed by atoms with E-state index in [1.165, 1.54) is 30.2 Å². The molecule has 4 aromatic rings. The monoisotopic (exact) mass is 621 g/mol. The highest BCUT2D eigenvalue weighted by Crippen LogP contribution is 2.38. The lowest BCUT2D eigenvalue weighted by atomic mass is 10.0. The number of carbonyl (C=O) groups is 3. The van der Waals surface area contributed by atoms with Gasteiger partial charge in [0, 0.05) is 24.3 Å². The first kappa shape index (κ1) is 29.5. The number of para-hydroxylation sites is 1. The van der Waals surface area contributed by atoms with Crippen LogP contribution in [-0.2, 0) is 23.9 Å². The Balaban J connectivity index is 1.27. The molecule has 0 unspecified atom stereocenters. The highest BCUT2D eigenvalue weighted by Gasteiger charge is 2.43. The summed E-state index contributed by atoms with van der Waals surface area (Å²) >= 11 is 0. The maximum Gasteiger partial charge on any atom is 0.435 e. The number of hydrogen-bond donors (Lipinski definition) is 2. The van der Waals surface area contributed by atoms with Crippen molar-refractivity contribution >= 4 is 23.4 Å². The van der Waals surface area contributed by atoms with E-state index in [0.717, 1.165) is 10.2 Å². The molecule has 2 aliphatic rings. The van der Waals surface area contributed by atoms with Crippen molar-refractivity contribution < 1.29 is 41.8 Å². The predicted octanol–water partition coefficient (Wildman–Crippen LogP) is 3.88. The van der Waals surface area contributed by atoms with E-state index < -0.39 is 36.1 Å². The molecule has 0 radical (unpaired) electrons. The van der Waals surface area contributed by atoms with Crippen LogP contribution in [-0.4, -0.2) is 54.5 Å². The van der Waals surface area contributed by atoms with Crippen molar-refractivity contribution in [1.82, 2.24) is 20.4 Å². The highest BCUT2D eigenvalue weighted by atomic mass is 19.4. The second-order valence-corrected chi connectivity index (χ2v) is 10.2. The van der Waals surface area contributed by atoms with E-state index in [9.17, 15) is 27.6 Å². The summed E-state index contributed by atoms with van der Waals surface area (Å²) in [6.45, 7) is -0.162. The number of amides is 3. The average Bonchev–Trinajstić information content (AvgIpc) is 3.68. The fourth-order valence-corrected chi connectivity index (χ4v) is 5.19. The molecule has 232 valence electrons. The first-order valence-corrected chi connectivity index (χ1v) is 13.8. The lowest BCUT2D eigenvalue weighted by Crippen LogP contribution is -2.39. The van der Waals surface area contributed by atoms with Gasteiger partial charge in [0.05, 0.1) is 24.9 Å². The van der Waals surface area contributed by atoms with E-state index in [1.54, 1.807) is 48.5 Å². The molecule has 0 aliphatic carbocycles. The van der Waals surface area contributed by atoms with Crippen LogP contribution in [0.2, 0.25) is 0 Å². The Hall–Kier alpha value is -5.53. The molecule has 2 N–H and O–H groups in total. The van der Waals surface area contributed by atoms with Crippen molar-refractivity contribution in [2.45, 2.75) is 19.1 Å². The molecule has 0 spiro atoms. The molecular formula is C31H26F3N5O6. The summed E-state index contributed by atoms with van der Waals surface area (Å²) in [6.07, 6.45) is -4.96. The van der Waals surface area contributed by atoms with Crippen LogP contribution >= 0.6 is 0 Å². The second-order valence-electron chi connectivity index (χ2n) is 10.2. The first-order chi connectivity index (χ1) is 21.6. The summed E-state index contributed by atoms with van der Waals surface area (Å²) in [6, 6.07) is 17.8. The van der Waals surface area contributed by atoms with E-state index in [2.05, 4.69) is 15.7 Å². The predicted molar refractivity (Wildman–Crippen MR) is 154 cm³/mol. The summed E-state index contributed by atoms with van der Waals surface area (Å²) in [5, 5.41) is 8.99. The fourth-order valence-electron chi connectivity index (χ4n) is 5.19. The SMILES string of the molecule is COc1ccc(-n2nc(C(F)(F)F)c3c2C(=O)N(c2ccccc2)CC3)c(C(=O)NCC(=O)NCc2ccc3c(c2)OCO3)c1. The standard InChI is InChI=1S/C31H26F3N5O6/c1-43-20-8-9-23(22(14-20)29(41)36-16-26(40)35-15-18-7-10-24-25(13-18)45-17-44-24)39-27-21(28(37-39)31(32,33)34)11-12-38(30(27)42)19-5-3-2-4-6-19/h2-10,13-14H,11-12,15-17H2,1H3,(H,35,40)(H,36,41). The van der Waals surface area contributed by atoms with Gasteiger partial charge in [0.2, 0.25) is 12.7 Å². The summed E-state index contributed by atoms with van der Waals surface area (Å²) in [7, 11) is 1.36. The number of nitrogens with zero attached hydrogens (tertiary/aromatic N) is 3. The minimum absolute atomic E-state index is 0.0158. The Morgan fingerprint density at radius 2 is 1.78 bits per heavy atom. The molecule has 0 saturated heterocycles. The zero-order valence-corrected chi connectivity index (χ0v) is 23.8. The summed E-state index contributed by atoms with van der Waals surface area (Å²) in [5.41, 5.74) is -0.766. The number of aromatic nitrogens is 2. The van der Waals surface area contributed by atoms with Crippen LogP contribution in [0.5, 0.6) is 17.2 Å². The number of hydrogen-bond acceptors (Lipinski definition) is 7. The molecule has 0 fully saturated rings. The summed E-state index contributed by atoms with van der Waals surface area (Å²) in [5.74, 6) is -0.624. The summed E-state index contributed by atoms with van der Waals surface area (Å²) < 4.78 is 59.1. The zero-order chi connectivity index (χ0) is 31.7. The maximum absolute atomic E-state index is 14.1. The van der Waals surface area contributed by atoms with E-state index >= 15 is 0 Å². The third kappa shape index (κ3) is 5.86. The normalized spacial score (nSPS) is 13.8.